The Balaban J connectivity index is 1.57. The molecule has 0 aliphatic carbocycles. The normalized spacial score (nSPS) is 13.0. The van der Waals surface area contributed by atoms with Crippen molar-refractivity contribution in [1.82, 2.24) is 5.32 Å². The van der Waals surface area contributed by atoms with Crippen LogP contribution < -0.4 is 20.1 Å². The van der Waals surface area contributed by atoms with Gasteiger partial charge in [-0.15, -0.1) is 0 Å². The molecule has 0 bridgehead atoms. The van der Waals surface area contributed by atoms with E-state index in [1.54, 1.807) is 31.2 Å². The fourth-order valence-electron chi connectivity index (χ4n) is 2.53. The van der Waals surface area contributed by atoms with Crippen molar-refractivity contribution in [3.05, 3.63) is 53.6 Å². The summed E-state index contributed by atoms with van der Waals surface area (Å²) in [6.45, 7) is 4.39. The van der Waals surface area contributed by atoms with Gasteiger partial charge < -0.3 is 24.8 Å². The van der Waals surface area contributed by atoms with Crippen molar-refractivity contribution in [2.24, 2.45) is 0 Å². The number of benzene rings is 2. The summed E-state index contributed by atoms with van der Waals surface area (Å²) < 4.78 is 15.7. The SMILES string of the molecule is CCOC(=O)c1ccc(NC(=S)NC(C)c2ccc3c(c2)OCO3)cc1. The van der Waals surface area contributed by atoms with Gasteiger partial charge in [-0.2, -0.15) is 0 Å². The van der Waals surface area contributed by atoms with E-state index in [4.69, 9.17) is 26.4 Å². The van der Waals surface area contributed by atoms with Crippen LogP contribution in [0.2, 0.25) is 0 Å². The minimum Gasteiger partial charge on any atom is -0.462 e. The van der Waals surface area contributed by atoms with E-state index in [1.807, 2.05) is 25.1 Å². The third-order valence-electron chi connectivity index (χ3n) is 3.90. The van der Waals surface area contributed by atoms with Crippen molar-refractivity contribution in [3.8, 4) is 11.5 Å². The number of thiocarbonyl (C=S) groups is 1. The van der Waals surface area contributed by atoms with Gasteiger partial charge in [-0.1, -0.05) is 6.07 Å². The van der Waals surface area contributed by atoms with Gasteiger partial charge in [-0.25, -0.2) is 4.79 Å². The van der Waals surface area contributed by atoms with Gasteiger partial charge in [0, 0.05) is 5.69 Å². The molecule has 0 spiro atoms. The molecule has 1 atom stereocenters. The maximum Gasteiger partial charge on any atom is 0.338 e. The number of nitrogens with one attached hydrogen (secondary N) is 2. The van der Waals surface area contributed by atoms with Crippen LogP contribution in [0.25, 0.3) is 0 Å². The van der Waals surface area contributed by atoms with Gasteiger partial charge >= 0.3 is 5.97 Å². The number of hydrogen-bond acceptors (Lipinski definition) is 5. The predicted octanol–water partition coefficient (Wildman–Crippen LogP) is 3.64. The van der Waals surface area contributed by atoms with Crippen molar-refractivity contribution in [2.75, 3.05) is 18.7 Å². The van der Waals surface area contributed by atoms with Crippen LogP contribution in [-0.2, 0) is 4.74 Å². The Bertz CT molecular complexity index is 808. The molecular weight excluding hydrogens is 352 g/mol. The molecule has 0 saturated heterocycles. The third-order valence-corrected chi connectivity index (χ3v) is 4.12. The van der Waals surface area contributed by atoms with Crippen molar-refractivity contribution in [3.63, 3.8) is 0 Å². The molecule has 2 aromatic rings. The molecule has 0 saturated carbocycles. The Morgan fingerprint density at radius 2 is 1.92 bits per heavy atom. The molecule has 136 valence electrons. The number of anilines is 1. The Labute approximate surface area is 157 Å². The number of esters is 1. The van der Waals surface area contributed by atoms with E-state index in [2.05, 4.69) is 10.6 Å². The second-order valence-corrected chi connectivity index (χ2v) is 6.14. The minimum atomic E-state index is -0.337. The highest BCUT2D eigenvalue weighted by Crippen LogP contribution is 2.34. The van der Waals surface area contributed by atoms with E-state index in [1.165, 1.54) is 0 Å². The first-order valence-corrected chi connectivity index (χ1v) is 8.72. The highest BCUT2D eigenvalue weighted by atomic mass is 32.1. The van der Waals surface area contributed by atoms with E-state index in [0.29, 0.717) is 17.3 Å². The average molecular weight is 372 g/mol. The Kier molecular flexibility index (Phi) is 5.58. The largest absolute Gasteiger partial charge is 0.462 e. The summed E-state index contributed by atoms with van der Waals surface area (Å²) in [5, 5.41) is 6.82. The molecule has 1 heterocycles. The number of rotatable bonds is 5. The van der Waals surface area contributed by atoms with Crippen LogP contribution in [0.4, 0.5) is 5.69 Å². The lowest BCUT2D eigenvalue weighted by Crippen LogP contribution is -2.30. The lowest BCUT2D eigenvalue weighted by Gasteiger charge is -2.18. The van der Waals surface area contributed by atoms with Crippen LogP contribution in [0, 0.1) is 0 Å². The molecule has 1 aliphatic heterocycles. The van der Waals surface area contributed by atoms with Crippen molar-refractivity contribution >= 4 is 29.0 Å². The zero-order chi connectivity index (χ0) is 18.5. The van der Waals surface area contributed by atoms with Crippen LogP contribution >= 0.6 is 12.2 Å². The number of carbonyl (C=O) groups is 1. The lowest BCUT2D eigenvalue weighted by atomic mass is 10.1. The monoisotopic (exact) mass is 372 g/mol. The van der Waals surface area contributed by atoms with E-state index < -0.39 is 0 Å². The Hall–Kier alpha value is -2.80. The molecule has 26 heavy (non-hydrogen) atoms. The van der Waals surface area contributed by atoms with Gasteiger partial charge in [-0.3, -0.25) is 0 Å². The van der Waals surface area contributed by atoms with E-state index >= 15 is 0 Å². The maximum atomic E-state index is 11.7. The highest BCUT2D eigenvalue weighted by Gasteiger charge is 2.16. The van der Waals surface area contributed by atoms with Crippen molar-refractivity contribution < 1.29 is 19.0 Å². The highest BCUT2D eigenvalue weighted by molar-refractivity contribution is 7.80. The topological polar surface area (TPSA) is 68.8 Å². The summed E-state index contributed by atoms with van der Waals surface area (Å²) in [6, 6.07) is 12.8. The quantitative estimate of drug-likeness (QED) is 0.613. The fourth-order valence-corrected chi connectivity index (χ4v) is 2.83. The molecule has 7 heteroatoms. The van der Waals surface area contributed by atoms with Crippen LogP contribution in [-0.4, -0.2) is 24.5 Å². The summed E-state index contributed by atoms with van der Waals surface area (Å²) in [6.07, 6.45) is 0. The van der Waals surface area contributed by atoms with Crippen molar-refractivity contribution in [2.45, 2.75) is 19.9 Å². The van der Waals surface area contributed by atoms with Gasteiger partial charge in [0.25, 0.3) is 0 Å². The van der Waals surface area contributed by atoms with Gasteiger partial charge in [-0.05, 0) is 68.0 Å². The first-order valence-electron chi connectivity index (χ1n) is 8.31. The number of hydrogen-bond donors (Lipinski definition) is 2. The smallest absolute Gasteiger partial charge is 0.338 e. The zero-order valence-corrected chi connectivity index (χ0v) is 15.4. The van der Waals surface area contributed by atoms with Crippen LogP contribution in [0.3, 0.4) is 0 Å². The summed E-state index contributed by atoms with van der Waals surface area (Å²) in [4.78, 5) is 11.7. The zero-order valence-electron chi connectivity index (χ0n) is 14.6. The molecule has 3 rings (SSSR count). The number of fused-ring (bicyclic) bond motifs is 1. The minimum absolute atomic E-state index is 0.0108. The van der Waals surface area contributed by atoms with Gasteiger partial charge in [0.2, 0.25) is 6.79 Å². The molecule has 0 fully saturated rings. The first kappa shape index (κ1) is 18.0. The fraction of sp³-hybridized carbons (Fsp3) is 0.263. The van der Waals surface area contributed by atoms with Crippen LogP contribution in [0.15, 0.2) is 42.5 Å². The maximum absolute atomic E-state index is 11.7. The second kappa shape index (κ2) is 8.05. The summed E-state index contributed by atoms with van der Waals surface area (Å²) >= 11 is 5.37. The molecule has 0 radical (unpaired) electrons. The molecule has 1 unspecified atom stereocenters. The molecule has 2 N–H and O–H groups in total. The van der Waals surface area contributed by atoms with Crippen LogP contribution in [0.1, 0.15) is 35.8 Å². The second-order valence-electron chi connectivity index (χ2n) is 5.73. The summed E-state index contributed by atoms with van der Waals surface area (Å²) in [5.74, 6) is 1.16. The van der Waals surface area contributed by atoms with E-state index in [9.17, 15) is 4.79 Å². The van der Waals surface area contributed by atoms with E-state index in [0.717, 1.165) is 22.7 Å². The molecule has 0 aromatic heterocycles. The summed E-state index contributed by atoms with van der Waals surface area (Å²) in [5.41, 5.74) is 2.33. The molecule has 1 aliphatic rings. The number of ether oxygens (including phenoxy) is 3. The molecule has 0 amide bonds. The average Bonchev–Trinajstić information content (AvgIpc) is 3.10. The predicted molar refractivity (Wildman–Crippen MR) is 103 cm³/mol. The first-order chi connectivity index (χ1) is 12.6. The molecular formula is C19H20N2O4S. The third kappa shape index (κ3) is 4.23. The summed E-state index contributed by atoms with van der Waals surface area (Å²) in [7, 11) is 0. The van der Waals surface area contributed by atoms with Gasteiger partial charge in [0.15, 0.2) is 16.6 Å². The lowest BCUT2D eigenvalue weighted by molar-refractivity contribution is 0.0526. The van der Waals surface area contributed by atoms with E-state index in [-0.39, 0.29) is 18.8 Å². The Morgan fingerprint density at radius 1 is 1.19 bits per heavy atom. The molecule has 6 nitrogen and oxygen atoms in total. The van der Waals surface area contributed by atoms with Crippen LogP contribution in [0.5, 0.6) is 11.5 Å². The van der Waals surface area contributed by atoms with Crippen molar-refractivity contribution in [1.29, 1.82) is 0 Å². The standard InChI is InChI=1S/C19H20N2O4S/c1-3-23-18(22)13-4-7-15(8-5-13)21-19(26)20-12(2)14-6-9-16-17(10-14)25-11-24-16/h4-10,12H,3,11H2,1-2H3,(H2,20,21,26). The number of carbonyl (C=O) groups excluding carboxylic acids is 1. The van der Waals surface area contributed by atoms with Gasteiger partial charge in [0.05, 0.1) is 18.2 Å². The van der Waals surface area contributed by atoms with Gasteiger partial charge in [0.1, 0.15) is 0 Å². The molecule has 2 aromatic carbocycles. The Morgan fingerprint density at radius 3 is 2.65 bits per heavy atom.